The molecule has 1 saturated carbocycles. The smallest absolute Gasteiger partial charge is 0.322 e. The number of hydrogen-bond acceptors (Lipinski definition) is 3. The van der Waals surface area contributed by atoms with Crippen LogP contribution in [-0.4, -0.2) is 30.0 Å². The minimum Gasteiger partial charge on any atom is -0.480 e. The summed E-state index contributed by atoms with van der Waals surface area (Å²) in [5.74, 6) is -1.58. The topological polar surface area (TPSA) is 71.4 Å². The molecule has 0 heterocycles. The summed E-state index contributed by atoms with van der Waals surface area (Å²) in [5.41, 5.74) is 0. The van der Waals surface area contributed by atoms with Crippen LogP contribution >= 0.6 is 0 Å². The van der Waals surface area contributed by atoms with E-state index in [0.29, 0.717) is 12.8 Å². The van der Waals surface area contributed by atoms with Gasteiger partial charge >= 0.3 is 5.97 Å². The van der Waals surface area contributed by atoms with Gasteiger partial charge in [-0.05, 0) is 18.8 Å². The Balaban J connectivity index is 2.94. The number of hydrogen-bond donors (Lipinski definition) is 1. The Labute approximate surface area is 103 Å². The summed E-state index contributed by atoms with van der Waals surface area (Å²) in [7, 11) is -3.55. The Hall–Kier alpha value is -0.580. The minimum atomic E-state index is -3.55. The molecule has 0 radical (unpaired) electrons. The van der Waals surface area contributed by atoms with Crippen molar-refractivity contribution in [3.8, 4) is 0 Å². The first-order valence-corrected chi connectivity index (χ1v) is 7.94. The first-order chi connectivity index (χ1) is 7.87. The monoisotopic (exact) mass is 262 g/mol. The number of carboxylic acids is 1. The maximum Gasteiger partial charge on any atom is 0.322 e. The standard InChI is InChI=1S/C12H22O4S/c1-9(2)11(12(13)14)17(15,16)10-7-5-3-4-6-8-10/h9-11H,3-8H2,1-2H3,(H,13,14). The molecule has 1 fully saturated rings. The van der Waals surface area contributed by atoms with Crippen LogP contribution in [0, 0.1) is 5.92 Å². The molecule has 4 nitrogen and oxygen atoms in total. The molecule has 1 aliphatic rings. The van der Waals surface area contributed by atoms with Crippen LogP contribution in [0.1, 0.15) is 52.4 Å². The SMILES string of the molecule is CC(C)C(C(=O)O)S(=O)(=O)C1CCCCCC1. The molecule has 0 spiro atoms. The van der Waals surface area contributed by atoms with E-state index in [0.717, 1.165) is 25.7 Å². The van der Waals surface area contributed by atoms with E-state index in [4.69, 9.17) is 5.11 Å². The van der Waals surface area contributed by atoms with Gasteiger partial charge in [-0.3, -0.25) is 4.79 Å². The molecule has 0 aliphatic heterocycles. The van der Waals surface area contributed by atoms with E-state index in [1.807, 2.05) is 0 Å². The van der Waals surface area contributed by atoms with Crippen LogP contribution in [0.5, 0.6) is 0 Å². The largest absolute Gasteiger partial charge is 0.480 e. The highest BCUT2D eigenvalue weighted by molar-refractivity contribution is 7.93. The zero-order valence-corrected chi connectivity index (χ0v) is 11.4. The summed E-state index contributed by atoms with van der Waals surface area (Å²) in [4.78, 5) is 11.1. The fraction of sp³-hybridized carbons (Fsp3) is 0.917. The first-order valence-electron chi connectivity index (χ1n) is 6.33. The van der Waals surface area contributed by atoms with Crippen LogP contribution in [-0.2, 0) is 14.6 Å². The van der Waals surface area contributed by atoms with Crippen molar-refractivity contribution in [1.29, 1.82) is 0 Å². The van der Waals surface area contributed by atoms with E-state index in [2.05, 4.69) is 0 Å². The van der Waals surface area contributed by atoms with Crippen LogP contribution in [0.15, 0.2) is 0 Å². The van der Waals surface area contributed by atoms with Crippen molar-refractivity contribution in [1.82, 2.24) is 0 Å². The second kappa shape index (κ2) is 5.85. The van der Waals surface area contributed by atoms with E-state index in [1.165, 1.54) is 0 Å². The fourth-order valence-corrected chi connectivity index (χ4v) is 5.03. The third-order valence-electron chi connectivity index (χ3n) is 3.47. The Morgan fingerprint density at radius 1 is 1.12 bits per heavy atom. The van der Waals surface area contributed by atoms with Gasteiger partial charge in [-0.2, -0.15) is 0 Å². The Morgan fingerprint density at radius 3 is 1.94 bits per heavy atom. The molecule has 1 rings (SSSR count). The van der Waals surface area contributed by atoms with Gasteiger partial charge in [0.25, 0.3) is 0 Å². The summed E-state index contributed by atoms with van der Waals surface area (Å²) in [5, 5.41) is 7.41. The molecular weight excluding hydrogens is 240 g/mol. The maximum atomic E-state index is 12.3. The van der Waals surface area contributed by atoms with Gasteiger partial charge in [0.15, 0.2) is 15.1 Å². The lowest BCUT2D eigenvalue weighted by atomic mass is 10.1. The summed E-state index contributed by atoms with van der Waals surface area (Å²) >= 11 is 0. The van der Waals surface area contributed by atoms with Crippen LogP contribution in [0.2, 0.25) is 0 Å². The average molecular weight is 262 g/mol. The maximum absolute atomic E-state index is 12.3. The lowest BCUT2D eigenvalue weighted by Gasteiger charge is -2.23. The van der Waals surface area contributed by atoms with E-state index in [-0.39, 0.29) is 5.92 Å². The quantitative estimate of drug-likeness (QED) is 0.789. The summed E-state index contributed by atoms with van der Waals surface area (Å²) in [6.07, 6.45) is 5.16. The second-order valence-electron chi connectivity index (χ2n) is 5.21. The Morgan fingerprint density at radius 2 is 1.59 bits per heavy atom. The number of aliphatic carboxylic acids is 1. The molecule has 1 N–H and O–H groups in total. The molecule has 0 saturated heterocycles. The van der Waals surface area contributed by atoms with Crippen molar-refractivity contribution >= 4 is 15.8 Å². The van der Waals surface area contributed by atoms with Crippen molar-refractivity contribution in [3.05, 3.63) is 0 Å². The number of rotatable bonds is 4. The van der Waals surface area contributed by atoms with Gasteiger partial charge in [0, 0.05) is 0 Å². The van der Waals surface area contributed by atoms with Gasteiger partial charge in [-0.1, -0.05) is 39.5 Å². The van der Waals surface area contributed by atoms with Crippen molar-refractivity contribution in [2.45, 2.75) is 62.9 Å². The predicted octanol–water partition coefficient (Wildman–Crippen LogP) is 2.23. The Bertz CT molecular complexity index is 351. The van der Waals surface area contributed by atoms with Crippen LogP contribution in [0.3, 0.4) is 0 Å². The highest BCUT2D eigenvalue weighted by Crippen LogP contribution is 2.28. The average Bonchev–Trinajstić information content (AvgIpc) is 2.43. The molecule has 0 aromatic carbocycles. The van der Waals surface area contributed by atoms with E-state index in [1.54, 1.807) is 13.8 Å². The third kappa shape index (κ3) is 3.44. The van der Waals surface area contributed by atoms with Crippen LogP contribution < -0.4 is 0 Å². The van der Waals surface area contributed by atoms with Crippen LogP contribution in [0.4, 0.5) is 0 Å². The molecule has 1 unspecified atom stereocenters. The molecule has 0 amide bonds. The number of sulfone groups is 1. The van der Waals surface area contributed by atoms with Gasteiger partial charge in [0.2, 0.25) is 0 Å². The minimum absolute atomic E-state index is 0.374. The lowest BCUT2D eigenvalue weighted by Crippen LogP contribution is -2.41. The third-order valence-corrected chi connectivity index (χ3v) is 6.32. The lowest BCUT2D eigenvalue weighted by molar-refractivity contribution is -0.137. The highest BCUT2D eigenvalue weighted by atomic mass is 32.2. The molecule has 17 heavy (non-hydrogen) atoms. The first kappa shape index (κ1) is 14.5. The summed E-state index contributed by atoms with van der Waals surface area (Å²) in [6, 6.07) is 0. The van der Waals surface area contributed by atoms with Gasteiger partial charge < -0.3 is 5.11 Å². The zero-order chi connectivity index (χ0) is 13.1. The van der Waals surface area contributed by atoms with Crippen molar-refractivity contribution < 1.29 is 18.3 Å². The summed E-state index contributed by atoms with van der Waals surface area (Å²) < 4.78 is 24.7. The number of carbonyl (C=O) groups is 1. The molecule has 0 aromatic heterocycles. The van der Waals surface area contributed by atoms with E-state index >= 15 is 0 Å². The van der Waals surface area contributed by atoms with Gasteiger partial charge in [-0.15, -0.1) is 0 Å². The molecule has 100 valence electrons. The molecular formula is C12H22O4S. The van der Waals surface area contributed by atoms with Crippen LogP contribution in [0.25, 0.3) is 0 Å². The van der Waals surface area contributed by atoms with Crippen molar-refractivity contribution in [3.63, 3.8) is 0 Å². The van der Waals surface area contributed by atoms with Crippen molar-refractivity contribution in [2.75, 3.05) is 0 Å². The second-order valence-corrected chi connectivity index (χ2v) is 7.56. The molecule has 5 heteroatoms. The molecule has 0 aromatic rings. The normalized spacial score (nSPS) is 21.1. The highest BCUT2D eigenvalue weighted by Gasteiger charge is 2.40. The molecule has 1 aliphatic carbocycles. The number of carboxylic acid groups (broad SMARTS) is 1. The molecule has 0 bridgehead atoms. The zero-order valence-electron chi connectivity index (χ0n) is 10.6. The van der Waals surface area contributed by atoms with E-state index in [9.17, 15) is 13.2 Å². The van der Waals surface area contributed by atoms with Crippen molar-refractivity contribution in [2.24, 2.45) is 5.92 Å². The predicted molar refractivity (Wildman–Crippen MR) is 66.7 cm³/mol. The Kier molecular flexibility index (Phi) is 4.98. The van der Waals surface area contributed by atoms with Gasteiger partial charge in [0.1, 0.15) is 0 Å². The molecule has 1 atom stereocenters. The van der Waals surface area contributed by atoms with Gasteiger partial charge in [-0.25, -0.2) is 8.42 Å². The van der Waals surface area contributed by atoms with Gasteiger partial charge in [0.05, 0.1) is 5.25 Å². The summed E-state index contributed by atoms with van der Waals surface area (Å²) in [6.45, 7) is 3.32. The van der Waals surface area contributed by atoms with E-state index < -0.39 is 26.3 Å². The fourth-order valence-electron chi connectivity index (χ4n) is 2.58.